The number of hydrogen-bond acceptors (Lipinski definition) is 10. The Labute approximate surface area is 358 Å². The predicted octanol–water partition coefficient (Wildman–Crippen LogP) is 9.60. The first-order valence-corrected chi connectivity index (χ1v) is 21.3. The van der Waals surface area contributed by atoms with Crippen molar-refractivity contribution in [3.63, 3.8) is 0 Å². The van der Waals surface area contributed by atoms with E-state index >= 15 is 0 Å². The number of hydrogen-bond donors (Lipinski definition) is 0. The number of rotatable bonds is 18. The fourth-order valence-electron chi connectivity index (χ4n) is 8.04. The molecule has 61 heavy (non-hydrogen) atoms. The highest BCUT2D eigenvalue weighted by Gasteiger charge is 2.30. The molecule has 0 radical (unpaired) electrons. The quantitative estimate of drug-likeness (QED) is 0.0966. The van der Waals surface area contributed by atoms with Crippen LogP contribution in [0, 0.1) is 11.8 Å². The van der Waals surface area contributed by atoms with Crippen molar-refractivity contribution in [2.45, 2.75) is 57.5 Å². The Hall–Kier alpha value is -5.01. The summed E-state index contributed by atoms with van der Waals surface area (Å²) in [4.78, 5) is 5.04. The minimum Gasteiger partial charge on any atom is -0.494 e. The Morgan fingerprint density at radius 2 is 1.00 bits per heavy atom. The van der Waals surface area contributed by atoms with E-state index in [0.29, 0.717) is 25.1 Å². The average Bonchev–Trinajstić information content (AvgIpc) is 3.76. The van der Waals surface area contributed by atoms with Gasteiger partial charge < -0.3 is 47.7 Å². The fraction of sp³-hybridized carbons (Fsp3) is 0.500. The lowest BCUT2D eigenvalue weighted by molar-refractivity contribution is -0.137. The number of ether oxygens (including phenoxy) is 8. The third-order valence-corrected chi connectivity index (χ3v) is 11.9. The van der Waals surface area contributed by atoms with Gasteiger partial charge in [0.2, 0.25) is 6.79 Å². The smallest absolute Gasteiger partial charge is 0.416 e. The molecule has 13 heteroatoms. The Kier molecular flexibility index (Phi) is 17.0. The Morgan fingerprint density at radius 1 is 0.541 bits per heavy atom. The van der Waals surface area contributed by atoms with Crippen LogP contribution in [0.4, 0.5) is 13.2 Å². The molecule has 0 N–H and O–H groups in total. The van der Waals surface area contributed by atoms with Gasteiger partial charge >= 0.3 is 6.18 Å². The molecule has 7 rings (SSSR count). The number of nitrogens with zero attached hydrogens (tertiary/aromatic N) is 2. The largest absolute Gasteiger partial charge is 0.494 e. The second kappa shape index (κ2) is 22.7. The summed E-state index contributed by atoms with van der Waals surface area (Å²) >= 11 is 0. The van der Waals surface area contributed by atoms with Crippen LogP contribution in [0.2, 0.25) is 0 Å². The van der Waals surface area contributed by atoms with E-state index in [2.05, 4.69) is 28.0 Å². The van der Waals surface area contributed by atoms with Crippen LogP contribution >= 0.6 is 0 Å². The van der Waals surface area contributed by atoms with Crippen LogP contribution in [0.25, 0.3) is 0 Å². The van der Waals surface area contributed by atoms with E-state index in [9.17, 15) is 13.2 Å². The minimum absolute atomic E-state index is 0.295. The summed E-state index contributed by atoms with van der Waals surface area (Å²) in [5.74, 6) is 7.31. The highest BCUT2D eigenvalue weighted by Crippen LogP contribution is 2.36. The molecule has 2 saturated heterocycles. The SMILES string of the molecule is COc1ccc(CCN2CCC(CCOc3ccc(C(F)(F)F)cc3)CC2)cc1OC.COc1ccc(CCN2CCC(CCOc3ccc4c(c3)OCO4)CC2)cc1OC. The third kappa shape index (κ3) is 13.7. The summed E-state index contributed by atoms with van der Waals surface area (Å²) in [5, 5.41) is 0. The summed E-state index contributed by atoms with van der Waals surface area (Å²) in [6.45, 7) is 8.07. The molecule has 3 aliphatic rings. The van der Waals surface area contributed by atoms with Gasteiger partial charge in [-0.05, 0) is 161 Å². The van der Waals surface area contributed by atoms with Gasteiger partial charge in [0, 0.05) is 19.2 Å². The lowest BCUT2D eigenvalue weighted by Gasteiger charge is -2.32. The molecule has 332 valence electrons. The van der Waals surface area contributed by atoms with Gasteiger partial charge in [-0.25, -0.2) is 0 Å². The molecule has 0 saturated carbocycles. The summed E-state index contributed by atoms with van der Waals surface area (Å²) < 4.78 is 81.5. The van der Waals surface area contributed by atoms with Crippen molar-refractivity contribution in [3.05, 3.63) is 95.6 Å². The molecule has 0 unspecified atom stereocenters. The second-order valence-electron chi connectivity index (χ2n) is 15.8. The van der Waals surface area contributed by atoms with E-state index in [1.54, 1.807) is 28.4 Å². The first-order chi connectivity index (χ1) is 29.6. The molecule has 2 fully saturated rings. The molecule has 10 nitrogen and oxygen atoms in total. The number of piperidine rings is 2. The number of fused-ring (bicyclic) bond motifs is 1. The maximum absolute atomic E-state index is 12.6. The molecule has 0 aromatic heterocycles. The van der Waals surface area contributed by atoms with Crippen molar-refractivity contribution in [2.75, 3.05) is 87.7 Å². The monoisotopic (exact) mass is 850 g/mol. The zero-order valence-corrected chi connectivity index (χ0v) is 36.0. The van der Waals surface area contributed by atoms with Crippen LogP contribution < -0.4 is 37.9 Å². The standard InChI is InChI=1S/C24H30F3NO3.C24H31NO5/c1-29-22-8-3-19(17-23(22)30-2)11-15-28-13-9-18(10-14-28)12-16-31-21-6-4-20(5-7-21)24(25,26)27;1-26-21-5-3-19(15-23(21)27-2)9-13-25-11-7-18(8-12-25)10-14-28-20-4-6-22-24(16-20)30-17-29-22/h3-8,17-18H,9-16H2,1-2H3;3-6,15-16,18H,7-14,17H2,1-2H3. The van der Waals surface area contributed by atoms with Gasteiger partial charge in [0.05, 0.1) is 47.2 Å². The highest BCUT2D eigenvalue weighted by molar-refractivity contribution is 5.47. The maximum Gasteiger partial charge on any atom is 0.416 e. The third-order valence-electron chi connectivity index (χ3n) is 11.9. The molecule has 4 aromatic carbocycles. The van der Waals surface area contributed by atoms with Gasteiger partial charge in [-0.3, -0.25) is 0 Å². The predicted molar refractivity (Wildman–Crippen MR) is 229 cm³/mol. The van der Waals surface area contributed by atoms with E-state index in [-0.39, 0.29) is 0 Å². The van der Waals surface area contributed by atoms with Crippen LogP contribution in [0.3, 0.4) is 0 Å². The van der Waals surface area contributed by atoms with Gasteiger partial charge in [-0.15, -0.1) is 0 Å². The molecule has 0 amide bonds. The topological polar surface area (TPSA) is 80.3 Å². The van der Waals surface area contributed by atoms with Gasteiger partial charge in [0.25, 0.3) is 0 Å². The van der Waals surface area contributed by atoms with E-state index in [0.717, 1.165) is 143 Å². The first-order valence-electron chi connectivity index (χ1n) is 21.3. The van der Waals surface area contributed by atoms with Gasteiger partial charge in [-0.1, -0.05) is 12.1 Å². The Morgan fingerprint density at radius 3 is 1.48 bits per heavy atom. The normalized spacial score (nSPS) is 16.0. The molecule has 3 aliphatic heterocycles. The Balaban J connectivity index is 0.000000204. The van der Waals surface area contributed by atoms with Gasteiger partial charge in [0.15, 0.2) is 34.5 Å². The van der Waals surface area contributed by atoms with Crippen molar-refractivity contribution in [1.82, 2.24) is 9.80 Å². The molecule has 0 atom stereocenters. The molecular weight excluding hydrogens is 790 g/mol. The lowest BCUT2D eigenvalue weighted by atomic mass is 9.93. The molecule has 0 bridgehead atoms. The summed E-state index contributed by atoms with van der Waals surface area (Å²) in [6, 6.07) is 22.9. The summed E-state index contributed by atoms with van der Waals surface area (Å²) in [6.07, 6.45) is 4.38. The van der Waals surface area contributed by atoms with E-state index in [1.165, 1.54) is 36.1 Å². The van der Waals surface area contributed by atoms with Crippen LogP contribution in [0.15, 0.2) is 78.9 Å². The summed E-state index contributed by atoms with van der Waals surface area (Å²) in [7, 11) is 6.63. The minimum atomic E-state index is -4.31. The Bertz CT molecular complexity index is 1930. The molecule has 0 spiro atoms. The maximum atomic E-state index is 12.6. The van der Waals surface area contributed by atoms with Gasteiger partial charge in [-0.2, -0.15) is 13.2 Å². The van der Waals surface area contributed by atoms with Crippen LogP contribution in [-0.4, -0.2) is 97.5 Å². The molecular formula is C48H61F3N2O8. The summed E-state index contributed by atoms with van der Waals surface area (Å²) in [5.41, 5.74) is 1.86. The number of halogens is 3. The second-order valence-corrected chi connectivity index (χ2v) is 15.8. The number of likely N-dealkylation sites (tertiary alicyclic amines) is 2. The van der Waals surface area contributed by atoms with Crippen molar-refractivity contribution < 1.29 is 51.1 Å². The highest BCUT2D eigenvalue weighted by atomic mass is 19.4. The van der Waals surface area contributed by atoms with Crippen molar-refractivity contribution >= 4 is 0 Å². The number of alkyl halides is 3. The zero-order valence-electron chi connectivity index (χ0n) is 36.0. The van der Waals surface area contributed by atoms with Crippen molar-refractivity contribution in [1.29, 1.82) is 0 Å². The van der Waals surface area contributed by atoms with Gasteiger partial charge in [0.1, 0.15) is 11.5 Å². The molecule has 0 aliphatic carbocycles. The van der Waals surface area contributed by atoms with Crippen LogP contribution in [0.1, 0.15) is 55.2 Å². The fourth-order valence-corrected chi connectivity index (χ4v) is 8.04. The van der Waals surface area contributed by atoms with Crippen molar-refractivity contribution in [3.8, 4) is 46.0 Å². The number of methoxy groups -OCH3 is 4. The van der Waals surface area contributed by atoms with Crippen molar-refractivity contribution in [2.24, 2.45) is 11.8 Å². The number of benzene rings is 4. The van der Waals surface area contributed by atoms with Crippen LogP contribution in [-0.2, 0) is 19.0 Å². The van der Waals surface area contributed by atoms with E-state index in [4.69, 9.17) is 37.9 Å². The lowest BCUT2D eigenvalue weighted by Crippen LogP contribution is -2.35. The molecule has 4 aromatic rings. The zero-order chi connectivity index (χ0) is 43.0. The van der Waals surface area contributed by atoms with E-state index < -0.39 is 11.7 Å². The van der Waals surface area contributed by atoms with E-state index in [1.807, 2.05) is 36.4 Å². The molecule has 3 heterocycles. The average molecular weight is 851 g/mol. The first kappa shape index (κ1) is 45.5. The van der Waals surface area contributed by atoms with Crippen LogP contribution in [0.5, 0.6) is 46.0 Å².